The molecule has 0 aliphatic heterocycles. The van der Waals surface area contributed by atoms with Crippen molar-refractivity contribution in [2.45, 2.75) is 19.4 Å². The second-order valence-electron chi connectivity index (χ2n) is 5.23. The van der Waals surface area contributed by atoms with E-state index in [9.17, 15) is 0 Å². The molecule has 120 valence electrons. The average molecular weight is 337 g/mol. The number of pyridine rings is 1. The van der Waals surface area contributed by atoms with Gasteiger partial charge in [0.1, 0.15) is 5.75 Å². The van der Waals surface area contributed by atoms with E-state index in [1.54, 1.807) is 16.9 Å². The zero-order valence-electron chi connectivity index (χ0n) is 13.0. The molecule has 7 heteroatoms. The molecule has 0 amide bonds. The Morgan fingerprint density at radius 1 is 1.12 bits per heavy atom. The highest BCUT2D eigenvalue weighted by molar-refractivity contribution is 7.16. The molecule has 3 aromatic heterocycles. The molecule has 0 saturated heterocycles. The van der Waals surface area contributed by atoms with Crippen molar-refractivity contribution >= 4 is 16.3 Å². The third kappa shape index (κ3) is 2.74. The standard InChI is InChI=1S/C17H15N5OS/c1-2-14(23-13-8-4-3-5-9-13)16-21-22-15(19-20-17(22)24-16)12-7-6-10-18-11-12/h3-11,14H,2H2,1H3/t14-/m0/s1. The number of hydrogen-bond donors (Lipinski definition) is 0. The molecule has 0 bridgehead atoms. The summed E-state index contributed by atoms with van der Waals surface area (Å²) in [5.41, 5.74) is 0.888. The number of hydrogen-bond acceptors (Lipinski definition) is 6. The van der Waals surface area contributed by atoms with Gasteiger partial charge in [0.2, 0.25) is 4.96 Å². The van der Waals surface area contributed by atoms with E-state index in [0.717, 1.165) is 27.7 Å². The highest BCUT2D eigenvalue weighted by Crippen LogP contribution is 2.29. The second-order valence-corrected chi connectivity index (χ2v) is 6.22. The van der Waals surface area contributed by atoms with Gasteiger partial charge in [0.15, 0.2) is 16.9 Å². The second kappa shape index (κ2) is 6.37. The van der Waals surface area contributed by atoms with Crippen molar-refractivity contribution in [3.63, 3.8) is 0 Å². The first-order valence-electron chi connectivity index (χ1n) is 7.69. The van der Waals surface area contributed by atoms with E-state index in [2.05, 4.69) is 27.2 Å². The fourth-order valence-corrected chi connectivity index (χ4v) is 3.36. The molecule has 0 radical (unpaired) electrons. The molecule has 0 aliphatic rings. The van der Waals surface area contributed by atoms with Gasteiger partial charge in [-0.1, -0.05) is 36.5 Å². The Balaban J connectivity index is 1.68. The van der Waals surface area contributed by atoms with Crippen LogP contribution in [-0.2, 0) is 0 Å². The molecule has 0 fully saturated rings. The molecule has 0 N–H and O–H groups in total. The lowest BCUT2D eigenvalue weighted by Gasteiger charge is -2.14. The number of fused-ring (bicyclic) bond motifs is 1. The first-order valence-corrected chi connectivity index (χ1v) is 8.51. The van der Waals surface area contributed by atoms with E-state index >= 15 is 0 Å². The van der Waals surface area contributed by atoms with E-state index in [4.69, 9.17) is 4.74 Å². The molecule has 0 saturated carbocycles. The Morgan fingerprint density at radius 2 is 2.00 bits per heavy atom. The maximum absolute atomic E-state index is 6.07. The molecular formula is C17H15N5OS. The summed E-state index contributed by atoms with van der Waals surface area (Å²) < 4.78 is 7.83. The lowest BCUT2D eigenvalue weighted by molar-refractivity contribution is 0.199. The Kier molecular flexibility index (Phi) is 3.92. The number of para-hydroxylation sites is 1. The van der Waals surface area contributed by atoms with Gasteiger partial charge in [-0.15, -0.1) is 10.2 Å². The summed E-state index contributed by atoms with van der Waals surface area (Å²) in [6, 6.07) is 13.6. The fourth-order valence-electron chi connectivity index (χ4n) is 2.41. The maximum Gasteiger partial charge on any atom is 0.235 e. The van der Waals surface area contributed by atoms with E-state index in [-0.39, 0.29) is 6.10 Å². The Bertz CT molecular complexity index is 935. The molecule has 0 spiro atoms. The highest BCUT2D eigenvalue weighted by Gasteiger charge is 2.20. The Hall–Kier alpha value is -2.80. The van der Waals surface area contributed by atoms with E-state index in [1.807, 2.05) is 42.5 Å². The van der Waals surface area contributed by atoms with Crippen molar-refractivity contribution < 1.29 is 4.74 Å². The number of ether oxygens (including phenoxy) is 1. The van der Waals surface area contributed by atoms with Gasteiger partial charge in [-0.2, -0.15) is 9.61 Å². The van der Waals surface area contributed by atoms with Crippen LogP contribution in [0.3, 0.4) is 0 Å². The monoisotopic (exact) mass is 337 g/mol. The van der Waals surface area contributed by atoms with Crippen LogP contribution in [0.2, 0.25) is 0 Å². The van der Waals surface area contributed by atoms with Crippen LogP contribution in [0.25, 0.3) is 16.3 Å². The van der Waals surface area contributed by atoms with Crippen LogP contribution in [0.5, 0.6) is 5.75 Å². The highest BCUT2D eigenvalue weighted by atomic mass is 32.1. The predicted molar refractivity (Wildman–Crippen MR) is 92.0 cm³/mol. The van der Waals surface area contributed by atoms with Gasteiger partial charge in [-0.05, 0) is 30.7 Å². The first-order chi connectivity index (χ1) is 11.8. The molecule has 4 aromatic rings. The molecule has 1 aromatic carbocycles. The van der Waals surface area contributed by atoms with Crippen LogP contribution in [0, 0.1) is 0 Å². The topological polar surface area (TPSA) is 65.2 Å². The van der Waals surface area contributed by atoms with Gasteiger partial charge >= 0.3 is 0 Å². The predicted octanol–water partition coefficient (Wildman–Crippen LogP) is 3.78. The Labute approximate surface area is 142 Å². The van der Waals surface area contributed by atoms with Gasteiger partial charge in [0.25, 0.3) is 0 Å². The molecule has 24 heavy (non-hydrogen) atoms. The third-order valence-corrected chi connectivity index (χ3v) is 4.58. The van der Waals surface area contributed by atoms with Crippen molar-refractivity contribution in [3.05, 3.63) is 59.9 Å². The summed E-state index contributed by atoms with van der Waals surface area (Å²) in [7, 11) is 0. The Morgan fingerprint density at radius 3 is 2.75 bits per heavy atom. The summed E-state index contributed by atoms with van der Waals surface area (Å²) in [4.78, 5) is 4.88. The van der Waals surface area contributed by atoms with Crippen molar-refractivity contribution in [3.8, 4) is 17.1 Å². The van der Waals surface area contributed by atoms with Crippen LogP contribution in [0.15, 0.2) is 54.9 Å². The van der Waals surface area contributed by atoms with Crippen molar-refractivity contribution in [1.82, 2.24) is 24.8 Å². The summed E-state index contributed by atoms with van der Waals surface area (Å²) in [5, 5.41) is 14.0. The van der Waals surface area contributed by atoms with Crippen molar-refractivity contribution in [1.29, 1.82) is 0 Å². The van der Waals surface area contributed by atoms with Crippen LogP contribution in [-0.4, -0.2) is 24.8 Å². The quantitative estimate of drug-likeness (QED) is 0.554. The fraction of sp³-hybridized carbons (Fsp3) is 0.176. The van der Waals surface area contributed by atoms with Gasteiger partial charge in [-0.3, -0.25) is 4.98 Å². The van der Waals surface area contributed by atoms with Gasteiger partial charge in [0, 0.05) is 18.0 Å². The van der Waals surface area contributed by atoms with Crippen LogP contribution < -0.4 is 4.74 Å². The third-order valence-electron chi connectivity index (χ3n) is 3.59. The first kappa shape index (κ1) is 14.8. The number of rotatable bonds is 5. The van der Waals surface area contributed by atoms with E-state index in [0.29, 0.717) is 5.82 Å². The average Bonchev–Trinajstić information content (AvgIpc) is 3.22. The minimum absolute atomic E-state index is 0.110. The number of benzene rings is 1. The van der Waals surface area contributed by atoms with Crippen molar-refractivity contribution in [2.75, 3.05) is 0 Å². The molecule has 1 atom stereocenters. The summed E-state index contributed by atoms with van der Waals surface area (Å²) in [6.45, 7) is 2.08. The molecule has 6 nitrogen and oxygen atoms in total. The summed E-state index contributed by atoms with van der Waals surface area (Å²) in [6.07, 6.45) is 4.20. The molecule has 0 aliphatic carbocycles. The summed E-state index contributed by atoms with van der Waals surface area (Å²) >= 11 is 1.50. The minimum atomic E-state index is -0.110. The van der Waals surface area contributed by atoms with Gasteiger partial charge in [-0.25, -0.2) is 0 Å². The zero-order valence-corrected chi connectivity index (χ0v) is 13.8. The molecule has 0 unspecified atom stereocenters. The normalized spacial score (nSPS) is 12.4. The van der Waals surface area contributed by atoms with Crippen LogP contribution in [0.1, 0.15) is 24.5 Å². The SMILES string of the molecule is CC[C@H](Oc1ccccc1)c1nn2c(-c3cccnc3)nnc2s1. The minimum Gasteiger partial charge on any atom is -0.483 e. The maximum atomic E-state index is 6.07. The van der Waals surface area contributed by atoms with E-state index < -0.39 is 0 Å². The molecule has 3 heterocycles. The van der Waals surface area contributed by atoms with Crippen LogP contribution in [0.4, 0.5) is 0 Å². The van der Waals surface area contributed by atoms with E-state index in [1.165, 1.54) is 11.3 Å². The largest absolute Gasteiger partial charge is 0.483 e. The smallest absolute Gasteiger partial charge is 0.235 e. The molecule has 4 rings (SSSR count). The van der Waals surface area contributed by atoms with Crippen molar-refractivity contribution in [2.24, 2.45) is 0 Å². The van der Waals surface area contributed by atoms with Crippen LogP contribution >= 0.6 is 11.3 Å². The van der Waals surface area contributed by atoms with Gasteiger partial charge in [0.05, 0.1) is 0 Å². The number of nitrogens with zero attached hydrogens (tertiary/aromatic N) is 5. The lowest BCUT2D eigenvalue weighted by Crippen LogP contribution is -2.07. The van der Waals surface area contributed by atoms with Gasteiger partial charge < -0.3 is 4.74 Å². The summed E-state index contributed by atoms with van der Waals surface area (Å²) in [5.74, 6) is 1.53. The molecular weight excluding hydrogens is 322 g/mol. The zero-order chi connectivity index (χ0) is 16.4. The number of aromatic nitrogens is 5. The lowest BCUT2D eigenvalue weighted by atomic mass is 10.3.